The van der Waals surface area contributed by atoms with Gasteiger partial charge in [0.05, 0.1) is 18.8 Å². The third-order valence-electron chi connectivity index (χ3n) is 4.41. The predicted molar refractivity (Wildman–Crippen MR) is 106 cm³/mol. The summed E-state index contributed by atoms with van der Waals surface area (Å²) >= 11 is 0. The van der Waals surface area contributed by atoms with Crippen LogP contribution in [0.1, 0.15) is 35.0 Å². The molecule has 0 amide bonds. The van der Waals surface area contributed by atoms with Crippen LogP contribution < -0.4 is 10.6 Å². The van der Waals surface area contributed by atoms with Gasteiger partial charge in [0, 0.05) is 31.4 Å². The Kier molecular flexibility index (Phi) is 8.07. The minimum absolute atomic E-state index is 0.0724. The molecule has 2 N–H and O–H groups in total. The molecule has 1 heterocycles. The van der Waals surface area contributed by atoms with E-state index in [1.54, 1.807) is 12.1 Å². The molecule has 0 unspecified atom stereocenters. The van der Waals surface area contributed by atoms with Crippen molar-refractivity contribution in [2.75, 3.05) is 13.2 Å². The molecule has 2 rings (SSSR count). The molecular weight excluding hydrogens is 383 g/mol. The van der Waals surface area contributed by atoms with E-state index in [4.69, 9.17) is 0 Å². The van der Waals surface area contributed by atoms with E-state index in [2.05, 4.69) is 25.5 Å². The molecule has 160 valence electrons. The van der Waals surface area contributed by atoms with Gasteiger partial charge < -0.3 is 15.4 Å². The maximum Gasteiger partial charge on any atom is 0.411 e. The summed E-state index contributed by atoms with van der Waals surface area (Å²) in [6.07, 6.45) is -4.31. The Labute approximate surface area is 169 Å². The number of ether oxygens (including phenoxy) is 1. The number of nitrogens with one attached hydrogen (secondary N) is 2. The number of hydrogen-bond acceptors (Lipinski definition) is 3. The van der Waals surface area contributed by atoms with E-state index in [-0.39, 0.29) is 6.61 Å². The highest BCUT2D eigenvalue weighted by atomic mass is 19.4. The molecule has 0 radical (unpaired) electrons. The van der Waals surface area contributed by atoms with Crippen LogP contribution in [0.2, 0.25) is 0 Å². The maximum atomic E-state index is 12.1. The van der Waals surface area contributed by atoms with E-state index in [1.165, 1.54) is 0 Å². The van der Waals surface area contributed by atoms with Crippen molar-refractivity contribution in [3.63, 3.8) is 0 Å². The fourth-order valence-corrected chi connectivity index (χ4v) is 2.78. The van der Waals surface area contributed by atoms with Crippen LogP contribution in [0.5, 0.6) is 0 Å². The first kappa shape index (κ1) is 22.7. The van der Waals surface area contributed by atoms with Gasteiger partial charge in [-0.25, -0.2) is 4.99 Å². The molecule has 0 bridgehead atoms. The van der Waals surface area contributed by atoms with E-state index in [9.17, 15) is 13.2 Å². The van der Waals surface area contributed by atoms with Gasteiger partial charge in [-0.3, -0.25) is 4.68 Å². The molecule has 2 aromatic rings. The number of halogens is 3. The van der Waals surface area contributed by atoms with Crippen molar-refractivity contribution in [2.24, 2.45) is 12.0 Å². The largest absolute Gasteiger partial charge is 0.411 e. The fourth-order valence-electron chi connectivity index (χ4n) is 2.78. The normalized spacial score (nSPS) is 12.3. The van der Waals surface area contributed by atoms with Crippen molar-refractivity contribution >= 4 is 5.96 Å². The fraction of sp³-hybridized carbons (Fsp3) is 0.500. The Morgan fingerprint density at radius 1 is 1.14 bits per heavy atom. The number of aryl methyl sites for hydroxylation is 2. The second kappa shape index (κ2) is 10.3. The van der Waals surface area contributed by atoms with Crippen LogP contribution in [0.3, 0.4) is 0 Å². The first-order valence-corrected chi connectivity index (χ1v) is 9.43. The molecule has 0 saturated carbocycles. The highest BCUT2D eigenvalue weighted by molar-refractivity contribution is 5.79. The molecule has 0 spiro atoms. The lowest BCUT2D eigenvalue weighted by molar-refractivity contribution is -0.176. The molecule has 0 aliphatic carbocycles. The lowest BCUT2D eigenvalue weighted by Gasteiger charge is -2.12. The standard InChI is InChI=1S/C20H28F3N5O/c1-5-24-19(26-11-18-14(2)27-28(4)15(18)3)25-10-16-6-8-17(9-7-16)12-29-13-20(21,22)23/h6-9H,5,10-13H2,1-4H3,(H2,24,25,26). The quantitative estimate of drug-likeness (QED) is 0.517. The Bertz CT molecular complexity index is 813. The zero-order chi connectivity index (χ0) is 21.4. The summed E-state index contributed by atoms with van der Waals surface area (Å²) in [5, 5.41) is 10.9. The van der Waals surface area contributed by atoms with Crippen LogP contribution in [0.25, 0.3) is 0 Å². The summed E-state index contributed by atoms with van der Waals surface area (Å²) in [4.78, 5) is 4.58. The lowest BCUT2D eigenvalue weighted by Crippen LogP contribution is -2.37. The smallest absolute Gasteiger partial charge is 0.367 e. The summed E-state index contributed by atoms with van der Waals surface area (Å²) in [5.41, 5.74) is 4.87. The monoisotopic (exact) mass is 411 g/mol. The average Bonchev–Trinajstić information content (AvgIpc) is 2.89. The Balaban J connectivity index is 1.92. The number of aliphatic imine (C=N–C) groups is 1. The van der Waals surface area contributed by atoms with E-state index in [1.807, 2.05) is 44.6 Å². The van der Waals surface area contributed by atoms with Crippen molar-refractivity contribution in [2.45, 2.75) is 46.6 Å². The van der Waals surface area contributed by atoms with Gasteiger partial charge in [-0.05, 0) is 31.9 Å². The number of aromatic nitrogens is 2. The molecule has 1 aromatic carbocycles. The van der Waals surface area contributed by atoms with E-state index in [0.717, 1.165) is 29.1 Å². The Morgan fingerprint density at radius 2 is 1.79 bits per heavy atom. The summed E-state index contributed by atoms with van der Waals surface area (Å²) < 4.78 is 42.9. The third-order valence-corrected chi connectivity index (χ3v) is 4.41. The highest BCUT2D eigenvalue weighted by Gasteiger charge is 2.27. The van der Waals surface area contributed by atoms with Gasteiger partial charge in [0.25, 0.3) is 0 Å². The van der Waals surface area contributed by atoms with Crippen LogP contribution in [0, 0.1) is 13.8 Å². The van der Waals surface area contributed by atoms with E-state index in [0.29, 0.717) is 24.6 Å². The molecule has 1 aromatic heterocycles. The van der Waals surface area contributed by atoms with Crippen molar-refractivity contribution in [3.05, 3.63) is 52.3 Å². The zero-order valence-corrected chi connectivity index (χ0v) is 17.2. The minimum atomic E-state index is -4.31. The number of hydrogen-bond donors (Lipinski definition) is 2. The molecular formula is C20H28F3N5O. The van der Waals surface area contributed by atoms with Gasteiger partial charge in [-0.2, -0.15) is 18.3 Å². The molecule has 0 aliphatic heterocycles. The molecule has 9 heteroatoms. The lowest BCUT2D eigenvalue weighted by atomic mass is 10.1. The average molecular weight is 411 g/mol. The molecule has 0 atom stereocenters. The van der Waals surface area contributed by atoms with Crippen LogP contribution in [0.15, 0.2) is 29.3 Å². The van der Waals surface area contributed by atoms with Gasteiger partial charge in [-0.15, -0.1) is 0 Å². The summed E-state index contributed by atoms with van der Waals surface area (Å²) in [6.45, 7) is 6.48. The van der Waals surface area contributed by atoms with Gasteiger partial charge in [-0.1, -0.05) is 24.3 Å². The summed E-state index contributed by atoms with van der Waals surface area (Å²) in [6, 6.07) is 7.19. The van der Waals surface area contributed by atoms with Crippen LogP contribution in [-0.2, 0) is 31.5 Å². The van der Waals surface area contributed by atoms with Crippen molar-refractivity contribution in [1.82, 2.24) is 20.4 Å². The topological polar surface area (TPSA) is 63.5 Å². The Morgan fingerprint density at radius 3 is 2.34 bits per heavy atom. The first-order chi connectivity index (χ1) is 13.7. The first-order valence-electron chi connectivity index (χ1n) is 9.43. The van der Waals surface area contributed by atoms with E-state index < -0.39 is 12.8 Å². The molecule has 0 fully saturated rings. The summed E-state index contributed by atoms with van der Waals surface area (Å²) in [7, 11) is 1.92. The second-order valence-corrected chi connectivity index (χ2v) is 6.75. The van der Waals surface area contributed by atoms with Gasteiger partial charge in [0.15, 0.2) is 5.96 Å². The second-order valence-electron chi connectivity index (χ2n) is 6.75. The third kappa shape index (κ3) is 7.41. The van der Waals surface area contributed by atoms with Crippen LogP contribution >= 0.6 is 0 Å². The number of guanidine groups is 1. The van der Waals surface area contributed by atoms with Gasteiger partial charge >= 0.3 is 6.18 Å². The zero-order valence-electron chi connectivity index (χ0n) is 17.2. The minimum Gasteiger partial charge on any atom is -0.367 e. The number of benzene rings is 1. The predicted octanol–water partition coefficient (Wildman–Crippen LogP) is 3.37. The van der Waals surface area contributed by atoms with Gasteiger partial charge in [0.2, 0.25) is 0 Å². The molecule has 29 heavy (non-hydrogen) atoms. The van der Waals surface area contributed by atoms with Gasteiger partial charge in [0.1, 0.15) is 6.61 Å². The number of rotatable bonds is 8. The molecule has 0 aliphatic rings. The van der Waals surface area contributed by atoms with Crippen LogP contribution in [-0.4, -0.2) is 35.1 Å². The SMILES string of the molecule is CCNC(=NCc1ccc(COCC(F)(F)F)cc1)NCc1c(C)nn(C)c1C. The van der Waals surface area contributed by atoms with Crippen molar-refractivity contribution in [1.29, 1.82) is 0 Å². The molecule has 6 nitrogen and oxygen atoms in total. The number of nitrogens with zero attached hydrogens (tertiary/aromatic N) is 3. The Hall–Kier alpha value is -2.55. The van der Waals surface area contributed by atoms with E-state index >= 15 is 0 Å². The maximum absolute atomic E-state index is 12.1. The van der Waals surface area contributed by atoms with Crippen molar-refractivity contribution < 1.29 is 17.9 Å². The van der Waals surface area contributed by atoms with Crippen LogP contribution in [0.4, 0.5) is 13.2 Å². The highest BCUT2D eigenvalue weighted by Crippen LogP contribution is 2.16. The van der Waals surface area contributed by atoms with Crippen molar-refractivity contribution in [3.8, 4) is 0 Å². The number of alkyl halides is 3. The molecule has 0 saturated heterocycles. The summed E-state index contributed by atoms with van der Waals surface area (Å²) in [5.74, 6) is 0.688.